The third kappa shape index (κ3) is 6.74. The molecule has 2 unspecified atom stereocenters. The summed E-state index contributed by atoms with van der Waals surface area (Å²) in [5, 5.41) is 0. The third-order valence-electron chi connectivity index (χ3n) is 1.99. The third-order valence-corrected chi connectivity index (χ3v) is 2.61. The fourth-order valence-corrected chi connectivity index (χ4v) is 1.81. The molecule has 68 valence electrons. The molecule has 0 amide bonds. The maximum Gasteiger partial charge on any atom is -0.00720 e. The van der Waals surface area contributed by atoms with Crippen LogP contribution in [0.1, 0.15) is 40.5 Å². The molecule has 0 bridgehead atoms. The van der Waals surface area contributed by atoms with E-state index in [4.69, 9.17) is 0 Å². The summed E-state index contributed by atoms with van der Waals surface area (Å²) in [7, 11) is 0. The average Bonchev–Trinajstić information content (AvgIpc) is 1.85. The summed E-state index contributed by atoms with van der Waals surface area (Å²) in [6.07, 6.45) is 2.69. The Labute approximate surface area is 77.2 Å². The molecule has 0 aromatic carbocycles. The van der Waals surface area contributed by atoms with Gasteiger partial charge >= 0.3 is 0 Å². The van der Waals surface area contributed by atoms with Gasteiger partial charge in [0.25, 0.3) is 0 Å². The van der Waals surface area contributed by atoms with Crippen LogP contribution in [-0.4, -0.2) is 5.75 Å². The first-order valence-corrected chi connectivity index (χ1v) is 5.30. The van der Waals surface area contributed by atoms with Crippen molar-refractivity contribution in [2.45, 2.75) is 40.5 Å². The van der Waals surface area contributed by atoms with Crippen molar-refractivity contribution >= 4 is 12.6 Å². The molecule has 0 aliphatic heterocycles. The Bertz CT molecular complexity index is 88.9. The number of thiol groups is 1. The molecule has 0 rings (SSSR count). The van der Waals surface area contributed by atoms with Crippen LogP contribution in [-0.2, 0) is 0 Å². The Morgan fingerprint density at radius 1 is 0.909 bits per heavy atom. The molecule has 0 aliphatic rings. The maximum absolute atomic E-state index is 4.28. The Morgan fingerprint density at radius 3 is 1.82 bits per heavy atom. The van der Waals surface area contributed by atoms with Gasteiger partial charge in [-0.3, -0.25) is 0 Å². The summed E-state index contributed by atoms with van der Waals surface area (Å²) in [6, 6.07) is 0. The van der Waals surface area contributed by atoms with Crippen molar-refractivity contribution in [3.05, 3.63) is 0 Å². The maximum atomic E-state index is 4.28. The van der Waals surface area contributed by atoms with Crippen molar-refractivity contribution in [1.29, 1.82) is 0 Å². The normalized spacial score (nSPS) is 16.9. The average molecular weight is 174 g/mol. The zero-order valence-corrected chi connectivity index (χ0v) is 9.20. The second-order valence-corrected chi connectivity index (χ2v) is 4.62. The van der Waals surface area contributed by atoms with Crippen LogP contribution >= 0.6 is 12.6 Å². The van der Waals surface area contributed by atoms with E-state index in [1.807, 2.05) is 0 Å². The summed E-state index contributed by atoms with van der Waals surface area (Å²) in [5.41, 5.74) is 0. The molecule has 0 spiro atoms. The van der Waals surface area contributed by atoms with Crippen molar-refractivity contribution in [1.82, 2.24) is 0 Å². The van der Waals surface area contributed by atoms with Crippen LogP contribution in [0.4, 0.5) is 0 Å². The van der Waals surface area contributed by atoms with E-state index in [-0.39, 0.29) is 0 Å². The topological polar surface area (TPSA) is 0 Å². The largest absolute Gasteiger partial charge is 0.179 e. The molecule has 0 aliphatic carbocycles. The van der Waals surface area contributed by atoms with E-state index >= 15 is 0 Å². The van der Waals surface area contributed by atoms with Crippen molar-refractivity contribution in [2.75, 3.05) is 5.75 Å². The summed E-state index contributed by atoms with van der Waals surface area (Å²) >= 11 is 4.28. The second-order valence-electron chi connectivity index (χ2n) is 4.26. The van der Waals surface area contributed by atoms with Crippen molar-refractivity contribution in [3.63, 3.8) is 0 Å². The van der Waals surface area contributed by atoms with E-state index in [0.717, 1.165) is 23.5 Å². The minimum Gasteiger partial charge on any atom is -0.179 e. The van der Waals surface area contributed by atoms with E-state index < -0.39 is 0 Å². The quantitative estimate of drug-likeness (QED) is 0.605. The van der Waals surface area contributed by atoms with E-state index in [9.17, 15) is 0 Å². The Kier molecular flexibility index (Phi) is 6.12. The summed E-state index contributed by atoms with van der Waals surface area (Å²) in [5.74, 6) is 3.53. The van der Waals surface area contributed by atoms with Crippen molar-refractivity contribution in [3.8, 4) is 0 Å². The van der Waals surface area contributed by atoms with E-state index in [1.54, 1.807) is 0 Å². The van der Waals surface area contributed by atoms with Crippen LogP contribution in [0.5, 0.6) is 0 Å². The molecule has 0 radical (unpaired) electrons. The van der Waals surface area contributed by atoms with Gasteiger partial charge < -0.3 is 0 Å². The fraction of sp³-hybridized carbons (Fsp3) is 1.00. The van der Waals surface area contributed by atoms with Crippen LogP contribution in [0, 0.1) is 17.8 Å². The first-order chi connectivity index (χ1) is 5.06. The fourth-order valence-electron chi connectivity index (χ4n) is 1.66. The Balaban J connectivity index is 3.43. The Morgan fingerprint density at radius 2 is 1.45 bits per heavy atom. The summed E-state index contributed by atoms with van der Waals surface area (Å²) in [4.78, 5) is 0. The van der Waals surface area contributed by atoms with Gasteiger partial charge in [0.05, 0.1) is 0 Å². The van der Waals surface area contributed by atoms with Crippen LogP contribution < -0.4 is 0 Å². The van der Waals surface area contributed by atoms with Crippen LogP contribution in [0.25, 0.3) is 0 Å². The van der Waals surface area contributed by atoms with Gasteiger partial charge in [-0.1, -0.05) is 27.7 Å². The van der Waals surface area contributed by atoms with Crippen molar-refractivity contribution in [2.24, 2.45) is 17.8 Å². The highest BCUT2D eigenvalue weighted by molar-refractivity contribution is 7.80. The van der Waals surface area contributed by atoms with E-state index in [2.05, 4.69) is 40.3 Å². The van der Waals surface area contributed by atoms with Gasteiger partial charge in [-0.25, -0.2) is 0 Å². The lowest BCUT2D eigenvalue weighted by Crippen LogP contribution is -2.06. The molecule has 11 heavy (non-hydrogen) atoms. The molecule has 0 nitrogen and oxygen atoms in total. The highest BCUT2D eigenvalue weighted by Gasteiger charge is 2.08. The van der Waals surface area contributed by atoms with Gasteiger partial charge in [-0.2, -0.15) is 12.6 Å². The lowest BCUT2D eigenvalue weighted by Gasteiger charge is -2.17. The molecule has 0 aromatic rings. The first-order valence-electron chi connectivity index (χ1n) is 4.67. The monoisotopic (exact) mass is 174 g/mol. The molecule has 0 saturated carbocycles. The molecule has 0 heterocycles. The molecular formula is C10H22S. The Hall–Kier alpha value is 0.350. The van der Waals surface area contributed by atoms with Crippen molar-refractivity contribution < 1.29 is 0 Å². The van der Waals surface area contributed by atoms with Gasteiger partial charge in [0.15, 0.2) is 0 Å². The lowest BCUT2D eigenvalue weighted by molar-refractivity contribution is 0.371. The van der Waals surface area contributed by atoms with Gasteiger partial charge in [0.1, 0.15) is 0 Å². The second kappa shape index (κ2) is 5.93. The minimum atomic E-state index is 0.784. The molecule has 2 atom stereocenters. The molecular weight excluding hydrogens is 152 g/mol. The molecule has 0 N–H and O–H groups in total. The van der Waals surface area contributed by atoms with Gasteiger partial charge in [0.2, 0.25) is 0 Å². The SMILES string of the molecule is CC(C)CC(C)CC(C)CS. The summed E-state index contributed by atoms with van der Waals surface area (Å²) < 4.78 is 0. The molecule has 1 heteroatoms. The zero-order chi connectivity index (χ0) is 8.85. The van der Waals surface area contributed by atoms with Crippen LogP contribution in [0.3, 0.4) is 0 Å². The molecule has 0 saturated heterocycles. The van der Waals surface area contributed by atoms with E-state index in [0.29, 0.717) is 0 Å². The molecule has 0 aromatic heterocycles. The predicted molar refractivity (Wildman–Crippen MR) is 56.3 cm³/mol. The van der Waals surface area contributed by atoms with Gasteiger partial charge in [-0.15, -0.1) is 0 Å². The predicted octanol–water partition coefficient (Wildman–Crippen LogP) is 3.62. The minimum absolute atomic E-state index is 0.784. The van der Waals surface area contributed by atoms with Gasteiger partial charge in [-0.05, 0) is 36.3 Å². The number of hydrogen-bond donors (Lipinski definition) is 1. The lowest BCUT2D eigenvalue weighted by atomic mass is 9.91. The zero-order valence-electron chi connectivity index (χ0n) is 8.30. The van der Waals surface area contributed by atoms with Crippen LogP contribution in [0.2, 0.25) is 0 Å². The smallest absolute Gasteiger partial charge is 0.00720 e. The molecule has 0 fully saturated rings. The first kappa shape index (κ1) is 11.4. The van der Waals surface area contributed by atoms with Gasteiger partial charge in [0, 0.05) is 0 Å². The summed E-state index contributed by atoms with van der Waals surface area (Å²) in [6.45, 7) is 9.22. The number of rotatable bonds is 5. The van der Waals surface area contributed by atoms with Crippen LogP contribution in [0.15, 0.2) is 0 Å². The highest BCUT2D eigenvalue weighted by atomic mass is 32.1. The highest BCUT2D eigenvalue weighted by Crippen LogP contribution is 2.19. The standard InChI is InChI=1S/C10H22S/c1-8(2)5-9(3)6-10(4)7-11/h8-11H,5-7H2,1-4H3. The van der Waals surface area contributed by atoms with E-state index in [1.165, 1.54) is 12.8 Å². The number of hydrogen-bond acceptors (Lipinski definition) is 1.